The molecule has 0 aliphatic heterocycles. The van der Waals surface area contributed by atoms with E-state index in [-0.39, 0.29) is 49.9 Å². The third-order valence-corrected chi connectivity index (χ3v) is 5.12. The Morgan fingerprint density at radius 3 is 1.91 bits per heavy atom. The SMILES string of the molecule is CC(C)CC(N)C(=O)NC(CS)C(=O)NC(CCC(N)=O)C(=O)NC(CCCN=C(N)N)C(=O)O. The molecule has 4 unspecified atom stereocenters. The average molecular weight is 519 g/mol. The summed E-state index contributed by atoms with van der Waals surface area (Å²) >= 11 is 4.07. The number of nitrogens with two attached hydrogens (primary N) is 4. The summed E-state index contributed by atoms with van der Waals surface area (Å²) in [7, 11) is 0. The number of hydrogen-bond donors (Lipinski definition) is 9. The lowest BCUT2D eigenvalue weighted by molar-refractivity contribution is -0.142. The number of carboxylic acid groups (broad SMARTS) is 1. The molecule has 15 heteroatoms. The smallest absolute Gasteiger partial charge is 0.326 e. The minimum absolute atomic E-state index is 0.0113. The average Bonchev–Trinajstić information content (AvgIpc) is 2.75. The van der Waals surface area contributed by atoms with Crippen LogP contribution in [-0.4, -0.2) is 77.1 Å². The number of aliphatic imine (C=N–C) groups is 1. The number of hydrogen-bond acceptors (Lipinski definition) is 8. The highest BCUT2D eigenvalue weighted by Crippen LogP contribution is 2.06. The second-order valence-corrected chi connectivity index (χ2v) is 8.76. The summed E-state index contributed by atoms with van der Waals surface area (Å²) < 4.78 is 0. The van der Waals surface area contributed by atoms with Crippen molar-refractivity contribution >= 4 is 48.2 Å². The monoisotopic (exact) mass is 518 g/mol. The van der Waals surface area contributed by atoms with Gasteiger partial charge in [0.1, 0.15) is 18.1 Å². The molecule has 0 aliphatic carbocycles. The molecule has 0 aromatic heterocycles. The van der Waals surface area contributed by atoms with Crippen LogP contribution < -0.4 is 38.9 Å². The highest BCUT2D eigenvalue weighted by Gasteiger charge is 2.30. The predicted octanol–water partition coefficient (Wildman–Crippen LogP) is -2.85. The Kier molecular flexibility index (Phi) is 15.1. The fourth-order valence-electron chi connectivity index (χ4n) is 2.95. The van der Waals surface area contributed by atoms with Crippen LogP contribution in [0.1, 0.15) is 46.0 Å². The Bertz CT molecular complexity index is 775. The fourth-order valence-corrected chi connectivity index (χ4v) is 3.21. The van der Waals surface area contributed by atoms with E-state index in [0.29, 0.717) is 6.42 Å². The maximum atomic E-state index is 12.8. The van der Waals surface area contributed by atoms with Gasteiger partial charge in [0, 0.05) is 18.7 Å². The minimum Gasteiger partial charge on any atom is -0.480 e. The van der Waals surface area contributed by atoms with E-state index in [2.05, 4.69) is 33.6 Å². The lowest BCUT2D eigenvalue weighted by Gasteiger charge is -2.24. The molecule has 0 radical (unpaired) electrons. The summed E-state index contributed by atoms with van der Waals surface area (Å²) in [5.41, 5.74) is 21.4. The van der Waals surface area contributed by atoms with Crippen molar-refractivity contribution in [2.24, 2.45) is 33.8 Å². The van der Waals surface area contributed by atoms with Gasteiger partial charge in [-0.3, -0.25) is 24.2 Å². The highest BCUT2D eigenvalue weighted by atomic mass is 32.1. The summed E-state index contributed by atoms with van der Waals surface area (Å²) in [5.74, 6) is -4.26. The molecule has 0 spiro atoms. The van der Waals surface area contributed by atoms with Crippen molar-refractivity contribution in [1.29, 1.82) is 0 Å². The number of rotatable bonds is 17. The molecule has 200 valence electrons. The first-order chi connectivity index (χ1) is 16.3. The molecule has 12 N–H and O–H groups in total. The number of amides is 4. The van der Waals surface area contributed by atoms with Crippen molar-refractivity contribution in [1.82, 2.24) is 16.0 Å². The van der Waals surface area contributed by atoms with Gasteiger partial charge in [-0.1, -0.05) is 13.8 Å². The van der Waals surface area contributed by atoms with E-state index in [1.54, 1.807) is 0 Å². The first kappa shape index (κ1) is 31.9. The number of carbonyl (C=O) groups excluding carboxylic acids is 4. The predicted molar refractivity (Wildman–Crippen MR) is 133 cm³/mol. The van der Waals surface area contributed by atoms with E-state index in [4.69, 9.17) is 22.9 Å². The zero-order valence-electron chi connectivity index (χ0n) is 20.0. The van der Waals surface area contributed by atoms with Gasteiger partial charge in [-0.2, -0.15) is 12.6 Å². The quantitative estimate of drug-likeness (QED) is 0.0414. The van der Waals surface area contributed by atoms with Crippen molar-refractivity contribution in [3.63, 3.8) is 0 Å². The van der Waals surface area contributed by atoms with Gasteiger partial charge in [0.05, 0.1) is 6.04 Å². The van der Waals surface area contributed by atoms with Crippen molar-refractivity contribution in [2.45, 2.75) is 70.1 Å². The van der Waals surface area contributed by atoms with Crippen LogP contribution in [0.4, 0.5) is 0 Å². The number of nitrogens with zero attached hydrogens (tertiary/aromatic N) is 1. The van der Waals surface area contributed by atoms with Gasteiger partial charge in [0.15, 0.2) is 5.96 Å². The molecule has 0 bridgehead atoms. The number of primary amides is 1. The van der Waals surface area contributed by atoms with Crippen LogP contribution in [0.2, 0.25) is 0 Å². The van der Waals surface area contributed by atoms with E-state index in [9.17, 15) is 29.1 Å². The molecule has 0 aromatic carbocycles. The Hall–Kier alpha value is -3.07. The van der Waals surface area contributed by atoms with Crippen LogP contribution in [0, 0.1) is 5.92 Å². The lowest BCUT2D eigenvalue weighted by atomic mass is 10.0. The molecule has 0 aromatic rings. The summed E-state index contributed by atoms with van der Waals surface area (Å²) in [6.45, 7) is 3.94. The number of thiol groups is 1. The molecular weight excluding hydrogens is 480 g/mol. The van der Waals surface area contributed by atoms with Crippen molar-refractivity contribution in [3.05, 3.63) is 0 Å². The Morgan fingerprint density at radius 2 is 1.43 bits per heavy atom. The second-order valence-electron chi connectivity index (χ2n) is 8.39. The Morgan fingerprint density at radius 1 is 0.886 bits per heavy atom. The van der Waals surface area contributed by atoms with Gasteiger partial charge < -0.3 is 44.0 Å². The molecule has 0 aliphatic rings. The summed E-state index contributed by atoms with van der Waals surface area (Å²) in [6.07, 6.45) is 0.233. The zero-order valence-corrected chi connectivity index (χ0v) is 20.9. The molecule has 0 heterocycles. The van der Waals surface area contributed by atoms with Gasteiger partial charge in [-0.05, 0) is 31.6 Å². The van der Waals surface area contributed by atoms with Gasteiger partial charge in [0.25, 0.3) is 0 Å². The van der Waals surface area contributed by atoms with Crippen molar-refractivity contribution in [3.8, 4) is 0 Å². The molecular formula is C20H38N8O6S. The maximum absolute atomic E-state index is 12.8. The first-order valence-electron chi connectivity index (χ1n) is 11.1. The van der Waals surface area contributed by atoms with Crippen LogP contribution in [0.25, 0.3) is 0 Å². The Labute approximate surface area is 209 Å². The standard InChI is InChI=1S/C20H38N8O6S/c1-10(2)8-11(21)16(30)28-14(9-35)18(32)26-12(5-6-15(22)29)17(31)27-13(19(33)34)4-3-7-25-20(23)24/h10-14,35H,3-9,21H2,1-2H3,(H2,22,29)(H,26,32)(H,27,31)(H,28,30)(H,33,34)(H4,23,24,25). The molecule has 0 saturated carbocycles. The third-order valence-electron chi connectivity index (χ3n) is 4.75. The molecule has 0 fully saturated rings. The zero-order chi connectivity index (χ0) is 27.1. The van der Waals surface area contributed by atoms with Crippen LogP contribution in [0.3, 0.4) is 0 Å². The number of aliphatic carboxylic acids is 1. The van der Waals surface area contributed by atoms with Crippen LogP contribution >= 0.6 is 12.6 Å². The summed E-state index contributed by atoms with van der Waals surface area (Å²) in [6, 6.07) is -4.55. The van der Waals surface area contributed by atoms with Gasteiger partial charge in [0.2, 0.25) is 23.6 Å². The maximum Gasteiger partial charge on any atom is 0.326 e. The van der Waals surface area contributed by atoms with E-state index < -0.39 is 53.8 Å². The van der Waals surface area contributed by atoms with Crippen LogP contribution in [0.5, 0.6) is 0 Å². The summed E-state index contributed by atoms with van der Waals surface area (Å²) in [5, 5.41) is 16.7. The van der Waals surface area contributed by atoms with E-state index in [1.165, 1.54) is 0 Å². The van der Waals surface area contributed by atoms with E-state index in [1.807, 2.05) is 13.8 Å². The van der Waals surface area contributed by atoms with Gasteiger partial charge in [-0.15, -0.1) is 0 Å². The topological polar surface area (TPSA) is 258 Å². The number of carboxylic acids is 1. The van der Waals surface area contributed by atoms with Crippen LogP contribution in [-0.2, 0) is 24.0 Å². The number of guanidine groups is 1. The largest absolute Gasteiger partial charge is 0.480 e. The van der Waals surface area contributed by atoms with E-state index >= 15 is 0 Å². The lowest BCUT2D eigenvalue weighted by Crippen LogP contribution is -2.57. The van der Waals surface area contributed by atoms with Crippen molar-refractivity contribution < 1.29 is 29.1 Å². The normalized spacial score (nSPS) is 14.2. The molecule has 4 amide bonds. The molecule has 4 atom stereocenters. The fraction of sp³-hybridized carbons (Fsp3) is 0.700. The first-order valence-corrected chi connectivity index (χ1v) is 11.8. The minimum atomic E-state index is -1.30. The number of nitrogens with one attached hydrogen (secondary N) is 3. The number of carbonyl (C=O) groups is 5. The molecule has 0 saturated heterocycles. The Balaban J connectivity index is 5.32. The highest BCUT2D eigenvalue weighted by molar-refractivity contribution is 7.80. The van der Waals surface area contributed by atoms with Crippen molar-refractivity contribution in [2.75, 3.05) is 12.3 Å². The second kappa shape index (κ2) is 16.5. The van der Waals surface area contributed by atoms with Crippen LogP contribution in [0.15, 0.2) is 4.99 Å². The van der Waals surface area contributed by atoms with Gasteiger partial charge >= 0.3 is 5.97 Å². The molecule has 14 nitrogen and oxygen atoms in total. The van der Waals surface area contributed by atoms with Gasteiger partial charge in [-0.25, -0.2) is 4.79 Å². The van der Waals surface area contributed by atoms with E-state index in [0.717, 1.165) is 0 Å². The third kappa shape index (κ3) is 14.0. The molecule has 35 heavy (non-hydrogen) atoms. The summed E-state index contributed by atoms with van der Waals surface area (Å²) in [4.78, 5) is 64.4. The molecule has 0 rings (SSSR count).